The topological polar surface area (TPSA) is 31.6 Å². The molecule has 7 aromatic rings. The third-order valence-electron chi connectivity index (χ3n) is 9.89. The highest BCUT2D eigenvalue weighted by Gasteiger charge is 2.35. The summed E-state index contributed by atoms with van der Waals surface area (Å²) in [5.41, 5.74) is 14.1. The second kappa shape index (κ2) is 12.7. The lowest BCUT2D eigenvalue weighted by atomic mass is 9.57. The number of benzene rings is 6. The van der Waals surface area contributed by atoms with Crippen LogP contribution in [0.4, 0.5) is 34.3 Å². The van der Waals surface area contributed by atoms with Crippen LogP contribution in [0.1, 0.15) is 23.5 Å². The zero-order valence-electron chi connectivity index (χ0n) is 28.0. The maximum atomic E-state index is 6.67. The molecule has 0 amide bonds. The van der Waals surface area contributed by atoms with Gasteiger partial charge in [0, 0.05) is 57.6 Å². The molecule has 0 saturated heterocycles. The maximum Gasteiger partial charge on any atom is 0.203 e. The molecular weight excluding hydrogens is 609 g/mol. The predicted molar refractivity (Wildman–Crippen MR) is 211 cm³/mol. The second-order valence-corrected chi connectivity index (χ2v) is 13.1. The number of allylic oxidation sites excluding steroid dienone is 4. The van der Waals surface area contributed by atoms with Gasteiger partial charge in [-0.1, -0.05) is 103 Å². The van der Waals surface area contributed by atoms with E-state index in [2.05, 4.69) is 192 Å². The Labute approximate surface area is 293 Å². The summed E-state index contributed by atoms with van der Waals surface area (Å²) in [5, 5.41) is 5.02. The van der Waals surface area contributed by atoms with Gasteiger partial charge in [-0.25, -0.2) is 0 Å². The summed E-state index contributed by atoms with van der Waals surface area (Å²) in [6, 6.07) is 55.8. The van der Waals surface area contributed by atoms with E-state index in [9.17, 15) is 0 Å². The quantitative estimate of drug-likeness (QED) is 0.175. The Morgan fingerprint density at radius 3 is 2.00 bits per heavy atom. The number of furan rings is 1. The molecule has 2 aliphatic rings. The number of anilines is 6. The first-order valence-electron chi connectivity index (χ1n) is 17.3. The zero-order chi connectivity index (χ0) is 33.4. The van der Waals surface area contributed by atoms with Crippen LogP contribution in [-0.4, -0.2) is 7.28 Å². The minimum Gasteiger partial charge on any atom is -0.440 e. The number of para-hydroxylation sites is 5. The number of hydrogen-bond acceptors (Lipinski definition) is 4. The molecule has 0 spiro atoms. The van der Waals surface area contributed by atoms with Crippen molar-refractivity contribution in [3.05, 3.63) is 192 Å². The molecule has 240 valence electrons. The highest BCUT2D eigenvalue weighted by Crippen LogP contribution is 2.44. The molecule has 0 radical (unpaired) electrons. The molecule has 1 N–H and O–H groups in total. The van der Waals surface area contributed by atoms with Crippen LogP contribution in [-0.2, 0) is 0 Å². The molecule has 6 aromatic carbocycles. The average molecular weight is 646 g/mol. The van der Waals surface area contributed by atoms with Crippen LogP contribution >= 0.6 is 0 Å². The van der Waals surface area contributed by atoms with Crippen molar-refractivity contribution in [2.45, 2.75) is 19.3 Å². The highest BCUT2D eigenvalue weighted by atomic mass is 16.4. The fourth-order valence-corrected chi connectivity index (χ4v) is 7.67. The Morgan fingerprint density at radius 2 is 1.30 bits per heavy atom. The maximum absolute atomic E-state index is 6.67. The Bertz CT molecular complexity index is 2330. The minimum atomic E-state index is 0.0659. The average Bonchev–Trinajstić information content (AvgIpc) is 3.54. The monoisotopic (exact) mass is 645 g/mol. The van der Waals surface area contributed by atoms with Crippen LogP contribution in [0.2, 0.25) is 0 Å². The number of nitrogens with one attached hydrogen (secondary N) is 1. The van der Waals surface area contributed by atoms with Gasteiger partial charge in [-0.05, 0) is 96.3 Å². The van der Waals surface area contributed by atoms with Crippen LogP contribution < -0.4 is 26.0 Å². The van der Waals surface area contributed by atoms with Crippen molar-refractivity contribution in [2.75, 3.05) is 15.1 Å². The van der Waals surface area contributed by atoms with E-state index in [0.717, 1.165) is 47.9 Å². The van der Waals surface area contributed by atoms with Gasteiger partial charge in [0.15, 0.2) is 5.88 Å². The number of hydrogen-bond donors (Lipinski definition) is 1. The molecule has 1 unspecified atom stereocenters. The molecular formula is C45H36BN3O. The fraction of sp³-hybridized carbons (Fsp3) is 0.0667. The van der Waals surface area contributed by atoms with Gasteiger partial charge in [0.1, 0.15) is 5.58 Å². The lowest BCUT2D eigenvalue weighted by Gasteiger charge is -2.37. The molecule has 9 rings (SSSR count). The first-order valence-corrected chi connectivity index (χ1v) is 17.3. The fourth-order valence-electron chi connectivity index (χ4n) is 7.67. The van der Waals surface area contributed by atoms with E-state index in [0.29, 0.717) is 0 Å². The van der Waals surface area contributed by atoms with Crippen LogP contribution in [0.3, 0.4) is 0 Å². The molecule has 1 aliphatic heterocycles. The Balaban J connectivity index is 1.23. The van der Waals surface area contributed by atoms with Crippen molar-refractivity contribution in [3.8, 4) is 0 Å². The van der Waals surface area contributed by atoms with Gasteiger partial charge in [-0.2, -0.15) is 0 Å². The Morgan fingerprint density at radius 1 is 0.680 bits per heavy atom. The third-order valence-corrected chi connectivity index (χ3v) is 9.89. The highest BCUT2D eigenvalue weighted by molar-refractivity contribution is 6.74. The summed E-state index contributed by atoms with van der Waals surface area (Å²) >= 11 is 0. The molecule has 1 aliphatic carbocycles. The largest absolute Gasteiger partial charge is 0.440 e. The van der Waals surface area contributed by atoms with E-state index in [-0.39, 0.29) is 5.92 Å². The SMILES string of the molecule is Cc1cc(C2CC(N(c3ccccc3)c3ccccc3)=CC=C2Nc2ccccc2)c2c(c1)N(c1ccccc1)c1oc3ccccc3c1B2. The van der Waals surface area contributed by atoms with Gasteiger partial charge in [0.25, 0.3) is 0 Å². The van der Waals surface area contributed by atoms with E-state index < -0.39 is 0 Å². The molecule has 5 heteroatoms. The summed E-state index contributed by atoms with van der Waals surface area (Å²) in [4.78, 5) is 4.74. The van der Waals surface area contributed by atoms with Gasteiger partial charge >= 0.3 is 0 Å². The lowest BCUT2D eigenvalue weighted by Crippen LogP contribution is -2.42. The summed E-state index contributed by atoms with van der Waals surface area (Å²) in [6.07, 6.45) is 5.40. The molecule has 0 saturated carbocycles. The summed E-state index contributed by atoms with van der Waals surface area (Å²) in [6.45, 7) is 2.22. The van der Waals surface area contributed by atoms with Crippen molar-refractivity contribution in [3.63, 3.8) is 0 Å². The van der Waals surface area contributed by atoms with Gasteiger partial charge in [-0.15, -0.1) is 0 Å². The van der Waals surface area contributed by atoms with Crippen molar-refractivity contribution in [1.29, 1.82) is 0 Å². The molecule has 0 fully saturated rings. The van der Waals surface area contributed by atoms with Crippen molar-refractivity contribution in [1.82, 2.24) is 0 Å². The van der Waals surface area contributed by atoms with E-state index in [1.807, 2.05) is 0 Å². The van der Waals surface area contributed by atoms with Crippen LogP contribution in [0.25, 0.3) is 11.0 Å². The van der Waals surface area contributed by atoms with Crippen LogP contribution in [0, 0.1) is 6.92 Å². The normalized spacial score (nSPS) is 15.0. The predicted octanol–water partition coefficient (Wildman–Crippen LogP) is 10.1. The number of aryl methyl sites for hydroxylation is 1. The van der Waals surface area contributed by atoms with Crippen molar-refractivity contribution < 1.29 is 4.42 Å². The number of fused-ring (bicyclic) bond motifs is 4. The number of nitrogens with zero attached hydrogens (tertiary/aromatic N) is 2. The minimum absolute atomic E-state index is 0.0659. The van der Waals surface area contributed by atoms with E-state index in [4.69, 9.17) is 4.42 Å². The first-order chi connectivity index (χ1) is 24.7. The van der Waals surface area contributed by atoms with E-state index in [1.54, 1.807) is 0 Å². The Hall–Kier alpha value is -6.20. The zero-order valence-corrected chi connectivity index (χ0v) is 28.0. The van der Waals surface area contributed by atoms with Gasteiger partial charge in [0.2, 0.25) is 7.28 Å². The van der Waals surface area contributed by atoms with Crippen molar-refractivity contribution in [2.24, 2.45) is 0 Å². The Kier molecular flexibility index (Phi) is 7.59. The van der Waals surface area contributed by atoms with Gasteiger partial charge in [0.05, 0.1) is 0 Å². The number of rotatable bonds is 7. The standard InChI is InChI=1S/C45H36BN3O/c1-31-28-39(43-41(29-31)49(35-22-12-5-13-23-35)45-44(46-43)37-24-14-15-25-42(37)50-45)38-30-36(26-27-40(38)47-32-16-6-2-7-17-32)48(33-18-8-3-9-19-33)34-20-10-4-11-21-34/h2-29,38,46-47H,30H2,1H3. The molecule has 1 aromatic heterocycles. The first kappa shape index (κ1) is 29.9. The molecule has 4 nitrogen and oxygen atoms in total. The van der Waals surface area contributed by atoms with Crippen LogP contribution in [0.5, 0.6) is 0 Å². The van der Waals surface area contributed by atoms with E-state index in [1.165, 1.54) is 44.5 Å². The van der Waals surface area contributed by atoms with Gasteiger partial charge in [-0.3, -0.25) is 4.90 Å². The van der Waals surface area contributed by atoms with Crippen molar-refractivity contribution >= 4 is 63.5 Å². The summed E-state index contributed by atoms with van der Waals surface area (Å²) < 4.78 is 6.67. The van der Waals surface area contributed by atoms with E-state index >= 15 is 0 Å². The molecule has 2 heterocycles. The third kappa shape index (κ3) is 5.37. The lowest BCUT2D eigenvalue weighted by molar-refractivity contribution is 0.622. The second-order valence-electron chi connectivity index (χ2n) is 13.1. The molecule has 0 bridgehead atoms. The van der Waals surface area contributed by atoms with Crippen LogP contribution in [0.15, 0.2) is 186 Å². The summed E-state index contributed by atoms with van der Waals surface area (Å²) in [7, 11) is 0.788. The molecule has 1 atom stereocenters. The smallest absolute Gasteiger partial charge is 0.203 e. The molecule has 50 heavy (non-hydrogen) atoms. The summed E-state index contributed by atoms with van der Waals surface area (Å²) in [5.74, 6) is 0.972. The van der Waals surface area contributed by atoms with Gasteiger partial charge < -0.3 is 14.6 Å².